The molecular formula is C14H16ClNO6. The van der Waals surface area contributed by atoms with Crippen LogP contribution in [0.5, 0.6) is 5.75 Å². The Labute approximate surface area is 130 Å². The van der Waals surface area contributed by atoms with Crippen LogP contribution in [0, 0.1) is 17.2 Å². The summed E-state index contributed by atoms with van der Waals surface area (Å²) in [5.74, 6) is 0.835. The summed E-state index contributed by atoms with van der Waals surface area (Å²) in [6.07, 6.45) is 1.86. The fourth-order valence-corrected chi connectivity index (χ4v) is 1.57. The highest BCUT2D eigenvalue weighted by atomic mass is 35.7. The van der Waals surface area contributed by atoms with Crippen molar-refractivity contribution in [3.63, 3.8) is 0 Å². The number of aromatic nitrogens is 1. The Morgan fingerprint density at radius 1 is 1.05 bits per heavy atom. The molecule has 120 valence electrons. The quantitative estimate of drug-likeness (QED) is 0.558. The van der Waals surface area contributed by atoms with E-state index in [0.29, 0.717) is 6.61 Å². The third-order valence-electron chi connectivity index (χ3n) is 2.52. The SMILES string of the molecule is COc1cc[n+](OCc2ccccc2)c(C)c1.[O-][Cl+3]([O-])([O-])[O-]. The van der Waals surface area contributed by atoms with Crippen LogP contribution in [0.1, 0.15) is 11.3 Å². The molecule has 2 aromatic rings. The van der Waals surface area contributed by atoms with Crippen LogP contribution in [0.4, 0.5) is 0 Å². The maximum absolute atomic E-state index is 8.49. The minimum atomic E-state index is -4.94. The molecule has 0 amide bonds. The number of ether oxygens (including phenoxy) is 1. The number of methoxy groups -OCH3 is 1. The van der Waals surface area contributed by atoms with E-state index in [-0.39, 0.29) is 0 Å². The monoisotopic (exact) mass is 329 g/mol. The van der Waals surface area contributed by atoms with E-state index in [9.17, 15) is 0 Å². The molecule has 0 N–H and O–H groups in total. The van der Waals surface area contributed by atoms with Crippen molar-refractivity contribution in [2.45, 2.75) is 13.5 Å². The number of halogens is 1. The van der Waals surface area contributed by atoms with Gasteiger partial charge in [0.1, 0.15) is 5.75 Å². The van der Waals surface area contributed by atoms with Crippen molar-refractivity contribution in [2.75, 3.05) is 7.11 Å². The van der Waals surface area contributed by atoms with E-state index in [1.165, 1.54) is 0 Å². The normalized spacial score (nSPS) is 10.5. The summed E-state index contributed by atoms with van der Waals surface area (Å²) in [6.45, 7) is 2.53. The van der Waals surface area contributed by atoms with E-state index in [1.54, 1.807) is 11.8 Å². The Morgan fingerprint density at radius 2 is 1.64 bits per heavy atom. The molecule has 1 aromatic heterocycles. The Bertz CT molecular complexity index is 567. The summed E-state index contributed by atoms with van der Waals surface area (Å²) in [5, 5.41) is 0. The van der Waals surface area contributed by atoms with Crippen molar-refractivity contribution in [2.24, 2.45) is 0 Å². The Balaban J connectivity index is 0.000000422. The van der Waals surface area contributed by atoms with Gasteiger partial charge in [-0.3, -0.25) is 4.84 Å². The summed E-state index contributed by atoms with van der Waals surface area (Å²) in [6, 6.07) is 13.9. The smallest absolute Gasteiger partial charge is 0.235 e. The molecule has 0 aliphatic carbocycles. The van der Waals surface area contributed by atoms with Crippen LogP contribution in [0.15, 0.2) is 48.7 Å². The first-order valence-corrected chi connectivity index (χ1v) is 7.38. The molecular weight excluding hydrogens is 314 g/mol. The minimum absolute atomic E-state index is 0.554. The average Bonchev–Trinajstić information content (AvgIpc) is 2.45. The van der Waals surface area contributed by atoms with Crippen molar-refractivity contribution in [3.8, 4) is 5.75 Å². The predicted octanol–water partition coefficient (Wildman–Crippen LogP) is -2.84. The van der Waals surface area contributed by atoms with Crippen LogP contribution in [0.2, 0.25) is 0 Å². The van der Waals surface area contributed by atoms with Crippen molar-refractivity contribution >= 4 is 0 Å². The lowest BCUT2D eigenvalue weighted by Gasteiger charge is -2.17. The third kappa shape index (κ3) is 7.77. The molecule has 2 rings (SSSR count). The second-order valence-corrected chi connectivity index (χ2v) is 4.93. The lowest BCUT2D eigenvalue weighted by molar-refractivity contribution is -2.00. The topological polar surface area (TPSA) is 115 Å². The Hall–Kier alpha value is -1.90. The van der Waals surface area contributed by atoms with E-state index < -0.39 is 10.2 Å². The van der Waals surface area contributed by atoms with E-state index in [1.807, 2.05) is 55.6 Å². The third-order valence-corrected chi connectivity index (χ3v) is 2.52. The van der Waals surface area contributed by atoms with Crippen LogP contribution in [-0.4, -0.2) is 7.11 Å². The van der Waals surface area contributed by atoms with Gasteiger partial charge in [0.15, 0.2) is 6.61 Å². The van der Waals surface area contributed by atoms with Gasteiger partial charge in [-0.15, -0.1) is 10.2 Å². The van der Waals surface area contributed by atoms with Gasteiger partial charge >= 0.3 is 0 Å². The van der Waals surface area contributed by atoms with Crippen LogP contribution in [0.25, 0.3) is 0 Å². The molecule has 0 spiro atoms. The molecule has 0 aliphatic heterocycles. The first kappa shape index (κ1) is 18.1. The van der Waals surface area contributed by atoms with E-state index in [2.05, 4.69) is 0 Å². The van der Waals surface area contributed by atoms with Crippen molar-refractivity contribution < 1.29 is 43.2 Å². The van der Waals surface area contributed by atoms with E-state index >= 15 is 0 Å². The van der Waals surface area contributed by atoms with Gasteiger partial charge in [0.05, 0.1) is 13.2 Å². The zero-order valence-corrected chi connectivity index (χ0v) is 12.9. The summed E-state index contributed by atoms with van der Waals surface area (Å²) >= 11 is 0. The standard InChI is InChI=1S/C14H16NO2.ClHO4/c1-12-10-14(16-2)8-9-15(12)17-11-13-6-4-3-5-7-13;2-1(3,4)5/h3-10H,11H2,1-2H3;(H,2,3,4,5)/q+1;/p-1. The number of hydrogen-bond donors (Lipinski definition) is 0. The summed E-state index contributed by atoms with van der Waals surface area (Å²) in [7, 11) is -3.29. The van der Waals surface area contributed by atoms with Crippen LogP contribution >= 0.6 is 0 Å². The van der Waals surface area contributed by atoms with Gasteiger partial charge in [-0.05, 0) is 5.56 Å². The van der Waals surface area contributed by atoms with Crippen LogP contribution in [-0.2, 0) is 6.61 Å². The molecule has 0 unspecified atom stereocenters. The zero-order chi connectivity index (χ0) is 16.6. The Kier molecular flexibility index (Phi) is 7.03. The lowest BCUT2D eigenvalue weighted by Crippen LogP contribution is -2.68. The highest BCUT2D eigenvalue weighted by Crippen LogP contribution is 2.07. The number of rotatable bonds is 4. The second-order valence-electron chi connectivity index (χ2n) is 4.17. The van der Waals surface area contributed by atoms with E-state index in [0.717, 1.165) is 17.0 Å². The van der Waals surface area contributed by atoms with E-state index in [4.69, 9.17) is 28.2 Å². The van der Waals surface area contributed by atoms with Gasteiger partial charge in [-0.2, -0.15) is 0 Å². The molecule has 0 aliphatic rings. The predicted molar refractivity (Wildman–Crippen MR) is 64.7 cm³/mol. The highest BCUT2D eigenvalue weighted by Gasteiger charge is 2.09. The molecule has 1 aromatic carbocycles. The number of pyridine rings is 1. The van der Waals surface area contributed by atoms with Gasteiger partial charge < -0.3 is 4.74 Å². The lowest BCUT2D eigenvalue weighted by atomic mass is 10.2. The highest BCUT2D eigenvalue weighted by molar-refractivity contribution is 5.18. The van der Waals surface area contributed by atoms with Gasteiger partial charge in [-0.25, -0.2) is 18.6 Å². The fourth-order valence-electron chi connectivity index (χ4n) is 1.57. The summed E-state index contributed by atoms with van der Waals surface area (Å²) < 4.78 is 40.9. The summed E-state index contributed by atoms with van der Waals surface area (Å²) in [5.41, 5.74) is 2.15. The maximum atomic E-state index is 8.49. The van der Waals surface area contributed by atoms with Crippen molar-refractivity contribution in [1.29, 1.82) is 0 Å². The van der Waals surface area contributed by atoms with Gasteiger partial charge in [0, 0.05) is 17.7 Å². The maximum Gasteiger partial charge on any atom is 0.235 e. The van der Waals surface area contributed by atoms with Gasteiger partial charge in [-0.1, -0.05) is 30.3 Å². The number of nitrogens with zero attached hydrogens (tertiary/aromatic N) is 1. The van der Waals surface area contributed by atoms with Crippen LogP contribution in [0.3, 0.4) is 0 Å². The van der Waals surface area contributed by atoms with Crippen molar-refractivity contribution in [3.05, 3.63) is 59.9 Å². The molecule has 0 radical (unpaired) electrons. The molecule has 0 bridgehead atoms. The summed E-state index contributed by atoms with van der Waals surface area (Å²) in [4.78, 5) is 5.68. The molecule has 1 heterocycles. The average molecular weight is 330 g/mol. The van der Waals surface area contributed by atoms with Crippen LogP contribution < -0.4 is 32.9 Å². The van der Waals surface area contributed by atoms with Gasteiger partial charge in [0.2, 0.25) is 11.9 Å². The number of hydrogen-bond acceptors (Lipinski definition) is 6. The fraction of sp³-hybridized carbons (Fsp3) is 0.214. The first-order chi connectivity index (χ1) is 10.3. The molecule has 0 saturated heterocycles. The van der Waals surface area contributed by atoms with Gasteiger partial charge in [0.25, 0.3) is 0 Å². The molecule has 0 atom stereocenters. The molecule has 22 heavy (non-hydrogen) atoms. The zero-order valence-electron chi connectivity index (χ0n) is 12.1. The number of aryl methyl sites for hydroxylation is 1. The number of benzene rings is 1. The first-order valence-electron chi connectivity index (χ1n) is 6.15. The van der Waals surface area contributed by atoms with Crippen molar-refractivity contribution in [1.82, 2.24) is 0 Å². The Morgan fingerprint density at radius 3 is 2.14 bits per heavy atom. The molecule has 8 heteroatoms. The largest absolute Gasteiger partial charge is 0.496 e. The minimum Gasteiger partial charge on any atom is -0.496 e. The molecule has 0 saturated carbocycles. The molecule has 0 fully saturated rings. The second kappa shape index (κ2) is 8.52. The molecule has 7 nitrogen and oxygen atoms in total.